The highest BCUT2D eigenvalue weighted by atomic mass is 79.9. The van der Waals surface area contributed by atoms with Gasteiger partial charge in [-0.05, 0) is 46.1 Å². The number of rotatable bonds is 4. The molecule has 24 heavy (non-hydrogen) atoms. The van der Waals surface area contributed by atoms with Crippen molar-refractivity contribution >= 4 is 38.4 Å². The Morgan fingerprint density at radius 1 is 1.17 bits per heavy atom. The zero-order chi connectivity index (χ0) is 16.4. The number of hydrogen-bond acceptors (Lipinski definition) is 4. The normalized spacial score (nSPS) is 21.4. The Hall–Kier alpha value is -0.990. The van der Waals surface area contributed by atoms with E-state index in [-0.39, 0.29) is 29.3 Å². The van der Waals surface area contributed by atoms with Crippen LogP contribution in [0.25, 0.3) is 0 Å². The third-order valence-corrected chi connectivity index (χ3v) is 6.46. The molecule has 2 aromatic rings. The molecule has 0 aliphatic carbocycles. The predicted molar refractivity (Wildman–Crippen MR) is 99.7 cm³/mol. The van der Waals surface area contributed by atoms with E-state index in [2.05, 4.69) is 20.9 Å². The Bertz CT molecular complexity index is 772. The summed E-state index contributed by atoms with van der Waals surface area (Å²) in [6.45, 7) is 1.32. The molecule has 2 atom stereocenters. The van der Waals surface area contributed by atoms with E-state index in [1.165, 1.54) is 16.6 Å². The Labute approximate surface area is 156 Å². The predicted octanol–water partition coefficient (Wildman–Crippen LogP) is 2.63. The molecule has 1 aliphatic heterocycles. The van der Waals surface area contributed by atoms with Gasteiger partial charge >= 0.3 is 0 Å². The first kappa shape index (κ1) is 19.3. The lowest BCUT2D eigenvalue weighted by atomic mass is 9.89. The molecule has 1 aromatic carbocycles. The van der Waals surface area contributed by atoms with Gasteiger partial charge in [0.05, 0.1) is 0 Å². The second-order valence-corrected chi connectivity index (χ2v) is 8.45. The van der Waals surface area contributed by atoms with Crippen LogP contribution in [0.5, 0.6) is 0 Å². The molecule has 0 spiro atoms. The summed E-state index contributed by atoms with van der Waals surface area (Å²) in [5.74, 6) is 0.231. The van der Waals surface area contributed by atoms with Crippen LogP contribution in [0.15, 0.2) is 58.2 Å². The Kier molecular flexibility index (Phi) is 6.39. The fourth-order valence-corrected chi connectivity index (χ4v) is 4.66. The molecule has 130 valence electrons. The maximum atomic E-state index is 12.8. The second kappa shape index (κ2) is 7.93. The van der Waals surface area contributed by atoms with Crippen LogP contribution in [0.4, 0.5) is 0 Å². The zero-order valence-corrected chi connectivity index (χ0v) is 16.1. The van der Waals surface area contributed by atoms with E-state index in [0.29, 0.717) is 19.6 Å². The summed E-state index contributed by atoms with van der Waals surface area (Å²) in [6.07, 6.45) is 1.50. The lowest BCUT2D eigenvalue weighted by molar-refractivity contribution is 0.456. The molecule has 0 bridgehead atoms. The molecular formula is C16H19BrClN3O2S. The molecule has 2 heterocycles. The van der Waals surface area contributed by atoms with Crippen LogP contribution < -0.4 is 5.73 Å². The quantitative estimate of drug-likeness (QED) is 0.806. The summed E-state index contributed by atoms with van der Waals surface area (Å²) < 4.78 is 27.8. The molecule has 3 rings (SSSR count). The molecule has 1 fully saturated rings. The maximum Gasteiger partial charge on any atom is 0.260 e. The van der Waals surface area contributed by atoms with Crippen LogP contribution in [-0.4, -0.2) is 37.3 Å². The minimum absolute atomic E-state index is 0. The summed E-state index contributed by atoms with van der Waals surface area (Å²) in [5.41, 5.74) is 7.01. The van der Waals surface area contributed by atoms with E-state index in [4.69, 9.17) is 5.73 Å². The zero-order valence-electron chi connectivity index (χ0n) is 12.9. The lowest BCUT2D eigenvalue weighted by Gasteiger charge is -2.16. The van der Waals surface area contributed by atoms with Crippen LogP contribution in [0, 0.1) is 5.92 Å². The highest BCUT2D eigenvalue weighted by molar-refractivity contribution is 9.10. The Balaban J connectivity index is 0.00000208. The molecule has 0 radical (unpaired) electrons. The number of nitrogens with zero attached hydrogens (tertiary/aromatic N) is 2. The largest absolute Gasteiger partial charge is 0.330 e. The molecule has 5 nitrogen and oxygen atoms in total. The summed E-state index contributed by atoms with van der Waals surface area (Å²) >= 11 is 3.27. The minimum atomic E-state index is -3.59. The average Bonchev–Trinajstić information content (AvgIpc) is 3.01. The number of nitrogens with two attached hydrogens (primary N) is 1. The number of halogens is 2. The molecular weight excluding hydrogens is 414 g/mol. The van der Waals surface area contributed by atoms with Gasteiger partial charge in [-0.15, -0.1) is 12.4 Å². The van der Waals surface area contributed by atoms with E-state index >= 15 is 0 Å². The summed E-state index contributed by atoms with van der Waals surface area (Å²) in [5, 5.41) is 0.0742. The number of benzene rings is 1. The van der Waals surface area contributed by atoms with Crippen LogP contribution in [0.3, 0.4) is 0 Å². The van der Waals surface area contributed by atoms with E-state index < -0.39 is 10.0 Å². The van der Waals surface area contributed by atoms with Crippen LogP contribution in [0.2, 0.25) is 0 Å². The van der Waals surface area contributed by atoms with Crippen molar-refractivity contribution < 1.29 is 8.42 Å². The standard InChI is InChI=1S/C16H18BrN3O2S.ClH/c17-14-6-7-16(19-9-14)23(21,22)20-10-13(8-18)15(11-20)12-4-2-1-3-5-12;/h1-7,9,13,15H,8,10-11,18H2;1H/t13-,15+;/m1./s1. The second-order valence-electron chi connectivity index (χ2n) is 5.65. The monoisotopic (exact) mass is 431 g/mol. The van der Waals surface area contributed by atoms with Gasteiger partial charge < -0.3 is 5.73 Å². The SMILES string of the molecule is Cl.NC[C@@H]1CN(S(=O)(=O)c2ccc(Br)cn2)C[C@H]1c1ccccc1. The molecule has 1 aliphatic rings. The van der Waals surface area contributed by atoms with E-state index in [1.807, 2.05) is 30.3 Å². The van der Waals surface area contributed by atoms with Gasteiger partial charge in [0.1, 0.15) is 0 Å². The molecule has 0 unspecified atom stereocenters. The molecule has 1 saturated heterocycles. The number of aromatic nitrogens is 1. The van der Waals surface area contributed by atoms with Crippen molar-refractivity contribution in [3.05, 3.63) is 58.7 Å². The van der Waals surface area contributed by atoms with Crippen molar-refractivity contribution in [2.75, 3.05) is 19.6 Å². The van der Waals surface area contributed by atoms with Crippen molar-refractivity contribution in [2.24, 2.45) is 11.7 Å². The van der Waals surface area contributed by atoms with Crippen LogP contribution >= 0.6 is 28.3 Å². The summed E-state index contributed by atoms with van der Waals surface area (Å²) in [6, 6.07) is 13.2. The summed E-state index contributed by atoms with van der Waals surface area (Å²) in [7, 11) is -3.59. The van der Waals surface area contributed by atoms with Gasteiger partial charge in [-0.25, -0.2) is 13.4 Å². The van der Waals surface area contributed by atoms with Gasteiger partial charge in [0.2, 0.25) is 0 Å². The maximum absolute atomic E-state index is 12.8. The van der Waals surface area contributed by atoms with E-state index in [0.717, 1.165) is 10.0 Å². The number of sulfonamides is 1. The van der Waals surface area contributed by atoms with Gasteiger partial charge in [-0.1, -0.05) is 30.3 Å². The Morgan fingerprint density at radius 2 is 1.88 bits per heavy atom. The van der Waals surface area contributed by atoms with Crippen molar-refractivity contribution in [1.29, 1.82) is 0 Å². The van der Waals surface area contributed by atoms with Gasteiger partial charge in [0.15, 0.2) is 5.03 Å². The van der Waals surface area contributed by atoms with Crippen LogP contribution in [0.1, 0.15) is 11.5 Å². The van der Waals surface area contributed by atoms with Gasteiger partial charge in [-0.3, -0.25) is 0 Å². The van der Waals surface area contributed by atoms with Crippen molar-refractivity contribution in [1.82, 2.24) is 9.29 Å². The summed E-state index contributed by atoms with van der Waals surface area (Å²) in [4.78, 5) is 4.04. The first-order valence-electron chi connectivity index (χ1n) is 7.39. The van der Waals surface area contributed by atoms with Gasteiger partial charge in [0.25, 0.3) is 10.0 Å². The highest BCUT2D eigenvalue weighted by Crippen LogP contribution is 2.34. The third kappa shape index (κ3) is 3.81. The molecule has 2 N–H and O–H groups in total. The first-order chi connectivity index (χ1) is 11.0. The first-order valence-corrected chi connectivity index (χ1v) is 9.62. The number of pyridine rings is 1. The third-order valence-electron chi connectivity index (χ3n) is 4.24. The van der Waals surface area contributed by atoms with Crippen molar-refractivity contribution in [3.8, 4) is 0 Å². The number of hydrogen-bond donors (Lipinski definition) is 1. The minimum Gasteiger partial charge on any atom is -0.330 e. The fourth-order valence-electron chi connectivity index (χ4n) is 2.99. The lowest BCUT2D eigenvalue weighted by Crippen LogP contribution is -2.30. The van der Waals surface area contributed by atoms with Crippen LogP contribution in [-0.2, 0) is 10.0 Å². The van der Waals surface area contributed by atoms with Crippen molar-refractivity contribution in [2.45, 2.75) is 10.9 Å². The van der Waals surface area contributed by atoms with E-state index in [1.54, 1.807) is 6.07 Å². The topological polar surface area (TPSA) is 76.3 Å². The van der Waals surface area contributed by atoms with Gasteiger partial charge in [-0.2, -0.15) is 4.31 Å². The highest BCUT2D eigenvalue weighted by Gasteiger charge is 2.39. The molecule has 0 saturated carbocycles. The molecule has 1 aromatic heterocycles. The van der Waals surface area contributed by atoms with E-state index in [9.17, 15) is 8.42 Å². The molecule has 0 amide bonds. The van der Waals surface area contributed by atoms with Gasteiger partial charge in [0, 0.05) is 29.7 Å². The average molecular weight is 433 g/mol. The smallest absolute Gasteiger partial charge is 0.260 e. The molecule has 8 heteroatoms. The fraction of sp³-hybridized carbons (Fsp3) is 0.312. The Morgan fingerprint density at radius 3 is 2.46 bits per heavy atom. The van der Waals surface area contributed by atoms with Crippen molar-refractivity contribution in [3.63, 3.8) is 0 Å².